The normalized spacial score (nSPS) is 16.1. The fourth-order valence-corrected chi connectivity index (χ4v) is 3.03. The van der Waals surface area contributed by atoms with E-state index in [4.69, 9.17) is 11.6 Å². The Hall–Kier alpha value is -1.32. The average molecular weight is 304 g/mol. The molecule has 0 aliphatic heterocycles. The molecule has 0 radical (unpaired) electrons. The summed E-state index contributed by atoms with van der Waals surface area (Å²) in [5.74, 6) is 0.453. The van der Waals surface area contributed by atoms with Crippen molar-refractivity contribution in [2.24, 2.45) is 7.05 Å². The quantitative estimate of drug-likeness (QED) is 0.848. The van der Waals surface area contributed by atoms with Crippen LogP contribution in [0.4, 0.5) is 0 Å². The van der Waals surface area contributed by atoms with Gasteiger partial charge in [-0.25, -0.2) is 0 Å². The van der Waals surface area contributed by atoms with Crippen LogP contribution in [0.2, 0.25) is 5.02 Å². The van der Waals surface area contributed by atoms with Crippen LogP contribution < -0.4 is 5.32 Å². The molecular formula is C17H22ClN3. The molecule has 1 fully saturated rings. The van der Waals surface area contributed by atoms with Crippen molar-refractivity contribution in [3.63, 3.8) is 0 Å². The van der Waals surface area contributed by atoms with Gasteiger partial charge in [0, 0.05) is 36.5 Å². The Morgan fingerprint density at radius 3 is 2.81 bits per heavy atom. The molecule has 1 unspecified atom stereocenters. The lowest BCUT2D eigenvalue weighted by molar-refractivity contribution is 0.538. The van der Waals surface area contributed by atoms with E-state index in [2.05, 4.69) is 28.6 Å². The molecule has 1 aliphatic carbocycles. The van der Waals surface area contributed by atoms with E-state index in [-0.39, 0.29) is 0 Å². The summed E-state index contributed by atoms with van der Waals surface area (Å²) < 4.78 is 1.96. The number of aryl methyl sites for hydroxylation is 2. The third-order valence-corrected chi connectivity index (χ3v) is 4.59. The lowest BCUT2D eigenvalue weighted by atomic mass is 9.93. The van der Waals surface area contributed by atoms with Crippen LogP contribution in [0.25, 0.3) is 0 Å². The Labute approximate surface area is 131 Å². The third kappa shape index (κ3) is 3.86. The summed E-state index contributed by atoms with van der Waals surface area (Å²) in [6, 6.07) is 11.0. The van der Waals surface area contributed by atoms with E-state index in [1.165, 1.54) is 24.1 Å². The summed E-state index contributed by atoms with van der Waals surface area (Å²) in [5.41, 5.74) is 2.54. The highest BCUT2D eigenvalue weighted by molar-refractivity contribution is 6.31. The SMILES string of the molecule is Cn1nccc1CCC(CNC1CC1)c1ccccc1Cl. The maximum absolute atomic E-state index is 6.40. The molecule has 21 heavy (non-hydrogen) atoms. The molecular weight excluding hydrogens is 282 g/mol. The predicted molar refractivity (Wildman–Crippen MR) is 86.7 cm³/mol. The second-order valence-corrected chi connectivity index (χ2v) is 6.29. The molecule has 3 nitrogen and oxygen atoms in total. The summed E-state index contributed by atoms with van der Waals surface area (Å²) in [6.07, 6.45) is 6.61. The zero-order valence-electron chi connectivity index (χ0n) is 12.4. The molecule has 0 spiro atoms. The molecule has 112 valence electrons. The first-order chi connectivity index (χ1) is 10.2. The van der Waals surface area contributed by atoms with Gasteiger partial charge in [0.2, 0.25) is 0 Å². The van der Waals surface area contributed by atoms with Gasteiger partial charge < -0.3 is 5.32 Å². The van der Waals surface area contributed by atoms with Gasteiger partial charge in [-0.15, -0.1) is 0 Å². The van der Waals surface area contributed by atoms with Gasteiger partial charge >= 0.3 is 0 Å². The maximum atomic E-state index is 6.40. The van der Waals surface area contributed by atoms with Gasteiger partial charge in [0.25, 0.3) is 0 Å². The first kappa shape index (κ1) is 14.6. The molecule has 1 N–H and O–H groups in total. The third-order valence-electron chi connectivity index (χ3n) is 4.25. The van der Waals surface area contributed by atoms with E-state index in [0.717, 1.165) is 30.5 Å². The zero-order chi connectivity index (χ0) is 14.7. The molecule has 0 saturated heterocycles. The van der Waals surface area contributed by atoms with Gasteiger partial charge in [-0.1, -0.05) is 29.8 Å². The number of benzene rings is 1. The molecule has 0 bridgehead atoms. The van der Waals surface area contributed by atoms with Crippen LogP contribution >= 0.6 is 11.6 Å². The lowest BCUT2D eigenvalue weighted by Crippen LogP contribution is -2.24. The first-order valence-electron chi connectivity index (χ1n) is 7.68. The van der Waals surface area contributed by atoms with Gasteiger partial charge in [0.1, 0.15) is 0 Å². The van der Waals surface area contributed by atoms with Crippen LogP contribution in [-0.4, -0.2) is 22.4 Å². The van der Waals surface area contributed by atoms with E-state index in [1.807, 2.05) is 30.1 Å². The molecule has 3 rings (SSSR count). The highest BCUT2D eigenvalue weighted by Gasteiger charge is 2.23. The van der Waals surface area contributed by atoms with Crippen LogP contribution in [0.15, 0.2) is 36.5 Å². The Morgan fingerprint density at radius 2 is 2.14 bits per heavy atom. The van der Waals surface area contributed by atoms with Crippen molar-refractivity contribution in [2.45, 2.75) is 37.6 Å². The van der Waals surface area contributed by atoms with Gasteiger partial charge in [-0.3, -0.25) is 4.68 Å². The molecule has 1 atom stereocenters. The fourth-order valence-electron chi connectivity index (χ4n) is 2.74. The minimum absolute atomic E-state index is 0.453. The van der Waals surface area contributed by atoms with Crippen molar-refractivity contribution < 1.29 is 0 Å². The fraction of sp³-hybridized carbons (Fsp3) is 0.471. The number of aromatic nitrogens is 2. The molecule has 1 saturated carbocycles. The van der Waals surface area contributed by atoms with E-state index >= 15 is 0 Å². The van der Waals surface area contributed by atoms with Crippen LogP contribution in [0.1, 0.15) is 36.4 Å². The molecule has 1 heterocycles. The molecule has 2 aromatic rings. The smallest absolute Gasteiger partial charge is 0.0492 e. The van der Waals surface area contributed by atoms with E-state index < -0.39 is 0 Å². The number of halogens is 1. The van der Waals surface area contributed by atoms with Crippen molar-refractivity contribution in [2.75, 3.05) is 6.54 Å². The van der Waals surface area contributed by atoms with E-state index in [0.29, 0.717) is 5.92 Å². The highest BCUT2D eigenvalue weighted by Crippen LogP contribution is 2.29. The summed E-state index contributed by atoms with van der Waals surface area (Å²) in [7, 11) is 2.00. The van der Waals surface area contributed by atoms with Crippen molar-refractivity contribution in [3.05, 3.63) is 52.8 Å². The second kappa shape index (κ2) is 6.63. The largest absolute Gasteiger partial charge is 0.313 e. The standard InChI is InChI=1S/C17H22ClN3/c1-21-15(10-11-20-21)9-6-13(12-19-14-7-8-14)16-4-2-3-5-17(16)18/h2-5,10-11,13-14,19H,6-9,12H2,1H3. The summed E-state index contributed by atoms with van der Waals surface area (Å²) >= 11 is 6.40. The van der Waals surface area contributed by atoms with E-state index in [1.54, 1.807) is 0 Å². The van der Waals surface area contributed by atoms with Crippen LogP contribution in [0.5, 0.6) is 0 Å². The van der Waals surface area contributed by atoms with Gasteiger partial charge in [0.05, 0.1) is 0 Å². The average Bonchev–Trinajstić information content (AvgIpc) is 3.22. The first-order valence-corrected chi connectivity index (χ1v) is 8.06. The number of hydrogen-bond donors (Lipinski definition) is 1. The highest BCUT2D eigenvalue weighted by atomic mass is 35.5. The predicted octanol–water partition coefficient (Wildman–Crippen LogP) is 3.54. The van der Waals surface area contributed by atoms with Gasteiger partial charge in [0.15, 0.2) is 0 Å². The summed E-state index contributed by atoms with van der Waals surface area (Å²) in [4.78, 5) is 0. The van der Waals surface area contributed by atoms with Crippen LogP contribution in [-0.2, 0) is 13.5 Å². The minimum atomic E-state index is 0.453. The molecule has 1 aliphatic rings. The Bertz CT molecular complexity index is 589. The summed E-state index contributed by atoms with van der Waals surface area (Å²) in [6.45, 7) is 1.01. The number of nitrogens with zero attached hydrogens (tertiary/aromatic N) is 2. The van der Waals surface area contributed by atoms with Crippen molar-refractivity contribution in [3.8, 4) is 0 Å². The number of rotatable bonds is 7. The van der Waals surface area contributed by atoms with Crippen LogP contribution in [0.3, 0.4) is 0 Å². The molecule has 1 aromatic carbocycles. The van der Waals surface area contributed by atoms with E-state index in [9.17, 15) is 0 Å². The Kier molecular flexibility index (Phi) is 4.61. The molecule has 0 amide bonds. The Morgan fingerprint density at radius 1 is 1.33 bits per heavy atom. The molecule has 1 aromatic heterocycles. The maximum Gasteiger partial charge on any atom is 0.0492 e. The Balaban J connectivity index is 1.69. The molecule has 4 heteroatoms. The van der Waals surface area contributed by atoms with Gasteiger partial charge in [-0.2, -0.15) is 5.10 Å². The topological polar surface area (TPSA) is 29.9 Å². The zero-order valence-corrected chi connectivity index (χ0v) is 13.2. The number of hydrogen-bond acceptors (Lipinski definition) is 2. The lowest BCUT2D eigenvalue weighted by Gasteiger charge is -2.19. The van der Waals surface area contributed by atoms with Crippen LogP contribution in [0, 0.1) is 0 Å². The van der Waals surface area contributed by atoms with Gasteiger partial charge in [-0.05, 0) is 49.3 Å². The monoisotopic (exact) mass is 303 g/mol. The second-order valence-electron chi connectivity index (χ2n) is 5.89. The van der Waals surface area contributed by atoms with Crippen molar-refractivity contribution >= 4 is 11.6 Å². The van der Waals surface area contributed by atoms with Crippen molar-refractivity contribution in [1.82, 2.24) is 15.1 Å². The van der Waals surface area contributed by atoms with Crippen molar-refractivity contribution in [1.29, 1.82) is 0 Å². The number of nitrogens with one attached hydrogen (secondary N) is 1. The minimum Gasteiger partial charge on any atom is -0.313 e. The summed E-state index contributed by atoms with van der Waals surface area (Å²) in [5, 5.41) is 8.77.